The number of carbonyl (C=O) groups is 1. The van der Waals surface area contributed by atoms with Gasteiger partial charge in [-0.2, -0.15) is 5.26 Å². The predicted molar refractivity (Wildman–Crippen MR) is 69.4 cm³/mol. The fourth-order valence-corrected chi connectivity index (χ4v) is 2.72. The van der Waals surface area contributed by atoms with Crippen LogP contribution in [0.4, 0.5) is 5.00 Å². The fraction of sp³-hybridized carbons (Fsp3) is 0.500. The third kappa shape index (κ3) is 2.70. The van der Waals surface area contributed by atoms with Crippen molar-refractivity contribution in [3.8, 4) is 6.07 Å². The van der Waals surface area contributed by atoms with Crippen molar-refractivity contribution in [3.05, 3.63) is 17.0 Å². The molecule has 2 atom stereocenters. The van der Waals surface area contributed by atoms with Crippen molar-refractivity contribution in [2.75, 3.05) is 25.1 Å². The number of anilines is 1. The average molecular weight is 265 g/mol. The Morgan fingerprint density at radius 2 is 2.50 bits per heavy atom. The van der Waals surface area contributed by atoms with Crippen LogP contribution in [0.1, 0.15) is 12.5 Å². The lowest BCUT2D eigenvalue weighted by Gasteiger charge is -2.17. The first kappa shape index (κ1) is 13.0. The minimum atomic E-state index is -0.196. The maximum Gasteiger partial charge on any atom is 0.232 e. The van der Waals surface area contributed by atoms with E-state index in [-0.39, 0.29) is 17.9 Å². The van der Waals surface area contributed by atoms with E-state index < -0.39 is 0 Å². The third-order valence-electron chi connectivity index (χ3n) is 2.91. The molecule has 2 unspecified atom stereocenters. The zero-order valence-electron chi connectivity index (χ0n) is 10.1. The summed E-state index contributed by atoms with van der Waals surface area (Å²) >= 11 is 1.36. The normalized spacial score (nSPS) is 22.7. The van der Waals surface area contributed by atoms with Gasteiger partial charge in [0.25, 0.3) is 0 Å². The lowest BCUT2D eigenvalue weighted by atomic mass is 10.0. The molecule has 2 N–H and O–H groups in total. The van der Waals surface area contributed by atoms with Gasteiger partial charge >= 0.3 is 0 Å². The summed E-state index contributed by atoms with van der Waals surface area (Å²) in [5, 5.41) is 17.3. The summed E-state index contributed by atoms with van der Waals surface area (Å²) < 4.78 is 5.33. The summed E-state index contributed by atoms with van der Waals surface area (Å²) in [5.74, 6) is -0.281. The summed E-state index contributed by atoms with van der Waals surface area (Å²) in [6, 6.07) is 3.81. The zero-order valence-corrected chi connectivity index (χ0v) is 10.9. The summed E-state index contributed by atoms with van der Waals surface area (Å²) in [4.78, 5) is 12.1. The highest BCUT2D eigenvalue weighted by molar-refractivity contribution is 7.14. The van der Waals surface area contributed by atoms with Gasteiger partial charge in [0.1, 0.15) is 11.1 Å². The van der Waals surface area contributed by atoms with Crippen LogP contribution in [0.25, 0.3) is 0 Å². The highest BCUT2D eigenvalue weighted by atomic mass is 32.1. The minimum absolute atomic E-state index is 0.0560. The molecule has 6 heteroatoms. The number of carbonyl (C=O) groups excluding carboxylic acids is 1. The van der Waals surface area contributed by atoms with Gasteiger partial charge < -0.3 is 15.4 Å². The van der Waals surface area contributed by atoms with Crippen LogP contribution in [0, 0.1) is 17.2 Å². The molecule has 1 aromatic rings. The van der Waals surface area contributed by atoms with Crippen LogP contribution < -0.4 is 10.6 Å². The average Bonchev–Trinajstić information content (AvgIpc) is 2.98. The maximum atomic E-state index is 12.1. The number of nitriles is 1. The second kappa shape index (κ2) is 5.96. The van der Waals surface area contributed by atoms with Crippen LogP contribution in [-0.4, -0.2) is 31.7 Å². The summed E-state index contributed by atoms with van der Waals surface area (Å²) in [6.07, 6.45) is 0. The Hall–Kier alpha value is -1.42. The number of likely N-dealkylation sites (N-methyl/N-ethyl adjacent to an activating group) is 1. The van der Waals surface area contributed by atoms with Crippen molar-refractivity contribution in [1.82, 2.24) is 5.32 Å². The van der Waals surface area contributed by atoms with E-state index in [2.05, 4.69) is 16.7 Å². The molecule has 0 radical (unpaired) electrons. The largest absolute Gasteiger partial charge is 0.379 e. The smallest absolute Gasteiger partial charge is 0.232 e. The maximum absolute atomic E-state index is 12.1. The first-order valence-corrected chi connectivity index (χ1v) is 6.73. The third-order valence-corrected chi connectivity index (χ3v) is 3.74. The molecule has 0 aliphatic carbocycles. The summed E-state index contributed by atoms with van der Waals surface area (Å²) in [6.45, 7) is 3.79. The standard InChI is InChI=1S/C12H15N3O2S/c1-2-14-10-7-17-6-9(10)11(16)15-12-8(5-13)3-4-18-12/h3-4,9-10,14H,2,6-7H2,1H3,(H,15,16). The van der Waals surface area contributed by atoms with Gasteiger partial charge in [0.2, 0.25) is 5.91 Å². The Morgan fingerprint density at radius 3 is 3.22 bits per heavy atom. The Morgan fingerprint density at radius 1 is 1.67 bits per heavy atom. The summed E-state index contributed by atoms with van der Waals surface area (Å²) in [5.41, 5.74) is 0.507. The molecule has 1 amide bonds. The van der Waals surface area contributed by atoms with Gasteiger partial charge in [-0.3, -0.25) is 4.79 Å². The van der Waals surface area contributed by atoms with Crippen LogP contribution >= 0.6 is 11.3 Å². The first-order valence-electron chi connectivity index (χ1n) is 5.85. The Labute approximate surface area is 110 Å². The number of amides is 1. The second-order valence-electron chi connectivity index (χ2n) is 4.07. The van der Waals surface area contributed by atoms with Gasteiger partial charge in [-0.25, -0.2) is 0 Å². The SMILES string of the molecule is CCNC1COCC1C(=O)Nc1sccc1C#N. The van der Waals surface area contributed by atoms with Gasteiger partial charge in [-0.15, -0.1) is 11.3 Å². The van der Waals surface area contributed by atoms with Gasteiger partial charge in [-0.05, 0) is 18.0 Å². The van der Waals surface area contributed by atoms with Crippen LogP contribution in [0.5, 0.6) is 0 Å². The molecule has 0 saturated carbocycles. The molecule has 1 fully saturated rings. The van der Waals surface area contributed by atoms with Crippen molar-refractivity contribution in [1.29, 1.82) is 5.26 Å². The van der Waals surface area contributed by atoms with E-state index >= 15 is 0 Å². The Bertz CT molecular complexity index is 466. The van der Waals surface area contributed by atoms with E-state index in [9.17, 15) is 4.79 Å². The van der Waals surface area contributed by atoms with Gasteiger partial charge in [-0.1, -0.05) is 6.92 Å². The van der Waals surface area contributed by atoms with Gasteiger partial charge in [0, 0.05) is 6.04 Å². The number of ether oxygens (including phenoxy) is 1. The molecule has 1 aliphatic rings. The number of nitrogens with one attached hydrogen (secondary N) is 2. The molecule has 2 rings (SSSR count). The highest BCUT2D eigenvalue weighted by Gasteiger charge is 2.33. The monoisotopic (exact) mass is 265 g/mol. The van der Waals surface area contributed by atoms with E-state index in [1.807, 2.05) is 6.92 Å². The van der Waals surface area contributed by atoms with Crippen molar-refractivity contribution in [2.45, 2.75) is 13.0 Å². The lowest BCUT2D eigenvalue weighted by Crippen LogP contribution is -2.41. The molecule has 18 heavy (non-hydrogen) atoms. The molecule has 5 nitrogen and oxygen atoms in total. The zero-order chi connectivity index (χ0) is 13.0. The number of nitrogens with zero attached hydrogens (tertiary/aromatic N) is 1. The first-order chi connectivity index (χ1) is 8.76. The van der Waals surface area contributed by atoms with E-state index in [1.165, 1.54) is 11.3 Å². The number of rotatable bonds is 4. The van der Waals surface area contributed by atoms with Crippen molar-refractivity contribution >= 4 is 22.2 Å². The Kier molecular flexibility index (Phi) is 4.31. The lowest BCUT2D eigenvalue weighted by molar-refractivity contribution is -0.120. The molecule has 1 saturated heterocycles. The summed E-state index contributed by atoms with van der Waals surface area (Å²) in [7, 11) is 0. The molecule has 0 aromatic carbocycles. The molecule has 0 bridgehead atoms. The van der Waals surface area contributed by atoms with Crippen LogP contribution in [0.3, 0.4) is 0 Å². The Balaban J connectivity index is 2.02. The molecule has 1 aliphatic heterocycles. The number of thiophene rings is 1. The fourth-order valence-electron chi connectivity index (χ4n) is 1.97. The number of hydrogen-bond acceptors (Lipinski definition) is 5. The van der Waals surface area contributed by atoms with Gasteiger partial charge in [0.15, 0.2) is 0 Å². The van der Waals surface area contributed by atoms with E-state index in [0.29, 0.717) is 23.8 Å². The number of hydrogen-bond donors (Lipinski definition) is 2. The van der Waals surface area contributed by atoms with Crippen molar-refractivity contribution < 1.29 is 9.53 Å². The van der Waals surface area contributed by atoms with Crippen LogP contribution in [-0.2, 0) is 9.53 Å². The van der Waals surface area contributed by atoms with E-state index in [0.717, 1.165) is 6.54 Å². The highest BCUT2D eigenvalue weighted by Crippen LogP contribution is 2.24. The molecule has 0 spiro atoms. The van der Waals surface area contributed by atoms with E-state index in [1.54, 1.807) is 11.4 Å². The van der Waals surface area contributed by atoms with Gasteiger partial charge in [0.05, 0.1) is 24.7 Å². The van der Waals surface area contributed by atoms with Crippen molar-refractivity contribution in [2.24, 2.45) is 5.92 Å². The van der Waals surface area contributed by atoms with Crippen LogP contribution in [0.15, 0.2) is 11.4 Å². The quantitative estimate of drug-likeness (QED) is 0.857. The van der Waals surface area contributed by atoms with Crippen molar-refractivity contribution in [3.63, 3.8) is 0 Å². The minimum Gasteiger partial charge on any atom is -0.379 e. The second-order valence-corrected chi connectivity index (χ2v) is 4.99. The molecule has 2 heterocycles. The molecule has 96 valence electrons. The predicted octanol–water partition coefficient (Wildman–Crippen LogP) is 1.18. The molecular weight excluding hydrogens is 250 g/mol. The van der Waals surface area contributed by atoms with E-state index in [4.69, 9.17) is 10.00 Å². The van der Waals surface area contributed by atoms with Crippen LogP contribution in [0.2, 0.25) is 0 Å². The molecule has 1 aromatic heterocycles. The molecular formula is C12H15N3O2S. The topological polar surface area (TPSA) is 74.2 Å².